The van der Waals surface area contributed by atoms with Crippen molar-refractivity contribution in [2.24, 2.45) is 0 Å². The molecule has 28 heavy (non-hydrogen) atoms. The number of aromatic nitrogens is 1. The van der Waals surface area contributed by atoms with Gasteiger partial charge in [-0.3, -0.25) is 10.1 Å². The summed E-state index contributed by atoms with van der Waals surface area (Å²) in [5.41, 5.74) is 0.829. The lowest BCUT2D eigenvalue weighted by molar-refractivity contribution is 0.102. The largest absolute Gasteiger partial charge is 0.298 e. The van der Waals surface area contributed by atoms with Crippen molar-refractivity contribution in [3.63, 3.8) is 0 Å². The molecule has 0 saturated heterocycles. The highest BCUT2D eigenvalue weighted by atomic mass is 35.5. The fraction of sp³-hybridized carbons (Fsp3) is 0.222. The van der Waals surface area contributed by atoms with Crippen molar-refractivity contribution >= 4 is 65.8 Å². The zero-order valence-electron chi connectivity index (χ0n) is 15.2. The SMILES string of the molecule is CC(C)N(C)S(=O)(=O)c1ccc(C(=O)Nc2nc3c(Cl)ccc(Cl)c3s2)cc1. The number of nitrogens with one attached hydrogen (secondary N) is 1. The Bertz CT molecular complexity index is 1100. The minimum absolute atomic E-state index is 0.124. The first-order valence-corrected chi connectivity index (χ1v) is 11.3. The zero-order valence-corrected chi connectivity index (χ0v) is 18.4. The topological polar surface area (TPSA) is 79.4 Å². The van der Waals surface area contributed by atoms with Crippen molar-refractivity contribution in [3.05, 3.63) is 52.0 Å². The average molecular weight is 458 g/mol. The van der Waals surface area contributed by atoms with Crippen molar-refractivity contribution < 1.29 is 13.2 Å². The summed E-state index contributed by atoms with van der Waals surface area (Å²) in [5, 5.41) is 3.99. The molecule has 148 valence electrons. The summed E-state index contributed by atoms with van der Waals surface area (Å²) >= 11 is 13.5. The molecule has 10 heteroatoms. The zero-order chi connectivity index (χ0) is 20.6. The maximum Gasteiger partial charge on any atom is 0.257 e. The smallest absolute Gasteiger partial charge is 0.257 e. The van der Waals surface area contributed by atoms with Gasteiger partial charge in [-0.15, -0.1) is 0 Å². The van der Waals surface area contributed by atoms with Crippen LogP contribution >= 0.6 is 34.5 Å². The predicted octanol–water partition coefficient (Wildman–Crippen LogP) is 4.88. The van der Waals surface area contributed by atoms with Crippen molar-refractivity contribution in [3.8, 4) is 0 Å². The lowest BCUT2D eigenvalue weighted by Crippen LogP contribution is -2.33. The molecule has 0 atom stereocenters. The molecule has 6 nitrogen and oxygen atoms in total. The number of hydrogen-bond donors (Lipinski definition) is 1. The summed E-state index contributed by atoms with van der Waals surface area (Å²) in [5.74, 6) is -0.410. The van der Waals surface area contributed by atoms with E-state index in [0.29, 0.717) is 31.0 Å². The Morgan fingerprint density at radius 1 is 1.11 bits per heavy atom. The first-order valence-electron chi connectivity index (χ1n) is 8.25. The third-order valence-corrected chi connectivity index (χ3v) is 7.97. The Labute approximate surface area is 177 Å². The number of carbonyl (C=O) groups is 1. The molecule has 0 radical (unpaired) electrons. The molecule has 1 N–H and O–H groups in total. The van der Waals surface area contributed by atoms with E-state index < -0.39 is 15.9 Å². The highest BCUT2D eigenvalue weighted by Crippen LogP contribution is 2.36. The fourth-order valence-corrected chi connectivity index (χ4v) is 5.17. The van der Waals surface area contributed by atoms with Gasteiger partial charge in [0, 0.05) is 18.7 Å². The van der Waals surface area contributed by atoms with Gasteiger partial charge in [0.25, 0.3) is 5.91 Å². The van der Waals surface area contributed by atoms with Crippen molar-refractivity contribution in [2.75, 3.05) is 12.4 Å². The number of thiazole rings is 1. The molecular weight excluding hydrogens is 441 g/mol. The lowest BCUT2D eigenvalue weighted by Gasteiger charge is -2.20. The third kappa shape index (κ3) is 4.01. The van der Waals surface area contributed by atoms with E-state index >= 15 is 0 Å². The van der Waals surface area contributed by atoms with Crippen LogP contribution in [-0.2, 0) is 10.0 Å². The van der Waals surface area contributed by atoms with Gasteiger partial charge in [0.15, 0.2) is 5.13 Å². The Hall–Kier alpha value is -1.71. The minimum Gasteiger partial charge on any atom is -0.298 e. The lowest BCUT2D eigenvalue weighted by atomic mass is 10.2. The molecule has 3 aromatic rings. The number of benzene rings is 2. The molecule has 0 bridgehead atoms. The van der Waals surface area contributed by atoms with Gasteiger partial charge in [-0.1, -0.05) is 34.5 Å². The van der Waals surface area contributed by atoms with Crippen LogP contribution in [-0.4, -0.2) is 36.7 Å². The Kier molecular flexibility index (Phi) is 5.97. The number of hydrogen-bond acceptors (Lipinski definition) is 5. The van der Waals surface area contributed by atoms with Crippen LogP contribution in [0, 0.1) is 0 Å². The summed E-state index contributed by atoms with van der Waals surface area (Å²) in [7, 11) is -2.09. The van der Waals surface area contributed by atoms with E-state index in [9.17, 15) is 13.2 Å². The van der Waals surface area contributed by atoms with E-state index in [4.69, 9.17) is 23.2 Å². The maximum absolute atomic E-state index is 12.5. The van der Waals surface area contributed by atoms with Crippen LogP contribution in [0.1, 0.15) is 24.2 Å². The van der Waals surface area contributed by atoms with E-state index in [-0.39, 0.29) is 10.9 Å². The van der Waals surface area contributed by atoms with Gasteiger partial charge in [-0.2, -0.15) is 4.31 Å². The highest BCUT2D eigenvalue weighted by Gasteiger charge is 2.23. The molecule has 1 heterocycles. The van der Waals surface area contributed by atoms with E-state index in [1.165, 1.54) is 47.0 Å². The Morgan fingerprint density at radius 2 is 1.71 bits per heavy atom. The van der Waals surface area contributed by atoms with Gasteiger partial charge in [-0.25, -0.2) is 13.4 Å². The molecule has 0 spiro atoms. The van der Waals surface area contributed by atoms with Gasteiger partial charge in [-0.05, 0) is 50.2 Å². The van der Waals surface area contributed by atoms with Gasteiger partial charge in [0.05, 0.1) is 19.6 Å². The van der Waals surface area contributed by atoms with E-state index in [1.807, 2.05) is 0 Å². The van der Waals surface area contributed by atoms with Gasteiger partial charge in [0.2, 0.25) is 10.0 Å². The maximum atomic E-state index is 12.5. The molecule has 0 fully saturated rings. The summed E-state index contributed by atoms with van der Waals surface area (Å²) < 4.78 is 27.0. The van der Waals surface area contributed by atoms with Crippen molar-refractivity contribution in [1.82, 2.24) is 9.29 Å². The van der Waals surface area contributed by atoms with Gasteiger partial charge >= 0.3 is 0 Å². The average Bonchev–Trinajstić information content (AvgIpc) is 3.09. The van der Waals surface area contributed by atoms with Crippen LogP contribution in [0.25, 0.3) is 10.2 Å². The van der Waals surface area contributed by atoms with Crippen LogP contribution in [0.2, 0.25) is 10.0 Å². The molecule has 3 rings (SSSR count). The van der Waals surface area contributed by atoms with Crippen LogP contribution in [0.4, 0.5) is 5.13 Å². The first kappa shape index (κ1) is 21.0. The number of amides is 1. The van der Waals surface area contributed by atoms with Gasteiger partial charge in [0.1, 0.15) is 5.52 Å². The first-order chi connectivity index (χ1) is 13.1. The second-order valence-corrected chi connectivity index (χ2v) is 10.1. The number of nitrogens with zero attached hydrogens (tertiary/aromatic N) is 2. The van der Waals surface area contributed by atoms with E-state index in [0.717, 1.165) is 0 Å². The molecule has 0 aliphatic carbocycles. The van der Waals surface area contributed by atoms with Crippen LogP contribution in [0.15, 0.2) is 41.3 Å². The van der Waals surface area contributed by atoms with E-state index in [2.05, 4.69) is 10.3 Å². The second kappa shape index (κ2) is 7.96. The fourth-order valence-electron chi connectivity index (χ4n) is 2.39. The quantitative estimate of drug-likeness (QED) is 0.591. The number of rotatable bonds is 5. The predicted molar refractivity (Wildman–Crippen MR) is 114 cm³/mol. The molecule has 0 aliphatic heterocycles. The molecule has 1 amide bonds. The number of halogens is 2. The monoisotopic (exact) mass is 457 g/mol. The van der Waals surface area contributed by atoms with E-state index in [1.54, 1.807) is 26.0 Å². The summed E-state index contributed by atoms with van der Waals surface area (Å²) in [6, 6.07) is 8.89. The normalized spacial score (nSPS) is 12.1. The molecule has 0 saturated carbocycles. The van der Waals surface area contributed by atoms with Gasteiger partial charge < -0.3 is 0 Å². The van der Waals surface area contributed by atoms with Crippen LogP contribution in [0.3, 0.4) is 0 Å². The molecular formula is C18H17Cl2N3O3S2. The molecule has 2 aromatic carbocycles. The second-order valence-electron chi connectivity index (χ2n) is 6.32. The minimum atomic E-state index is -3.60. The van der Waals surface area contributed by atoms with Crippen molar-refractivity contribution in [1.29, 1.82) is 0 Å². The number of anilines is 1. The summed E-state index contributed by atoms with van der Waals surface area (Å²) in [6.45, 7) is 3.58. The molecule has 1 aromatic heterocycles. The molecule has 0 unspecified atom stereocenters. The summed E-state index contributed by atoms with van der Waals surface area (Å²) in [4.78, 5) is 16.9. The standard InChI is InChI=1S/C18H17Cl2N3O3S2/c1-10(2)23(3)28(25,26)12-6-4-11(5-7-12)17(24)22-18-21-15-13(19)8-9-14(20)16(15)27-18/h4-10H,1-3H3,(H,21,22,24). The van der Waals surface area contributed by atoms with Crippen molar-refractivity contribution in [2.45, 2.75) is 24.8 Å². The number of fused-ring (bicyclic) bond motifs is 1. The van der Waals surface area contributed by atoms with Crippen LogP contribution in [0.5, 0.6) is 0 Å². The number of carbonyl (C=O) groups excluding carboxylic acids is 1. The number of sulfonamides is 1. The molecule has 0 aliphatic rings. The third-order valence-electron chi connectivity index (χ3n) is 4.19. The Balaban J connectivity index is 1.82. The van der Waals surface area contributed by atoms with Crippen LogP contribution < -0.4 is 5.32 Å². The Morgan fingerprint density at radius 3 is 2.29 bits per heavy atom. The summed E-state index contributed by atoms with van der Waals surface area (Å²) in [6.07, 6.45) is 0. The highest BCUT2D eigenvalue weighted by molar-refractivity contribution is 7.89.